The summed E-state index contributed by atoms with van der Waals surface area (Å²) < 4.78 is 56.0. The molecule has 0 saturated heterocycles. The van der Waals surface area contributed by atoms with Gasteiger partial charge in [-0.05, 0) is 37.3 Å². The molecule has 0 atom stereocenters. The fourth-order valence-corrected chi connectivity index (χ4v) is 5.51. The molecule has 2 aliphatic heterocycles. The van der Waals surface area contributed by atoms with Crippen molar-refractivity contribution < 1.29 is 22.6 Å². The standard InChI is InChI=1S/C31H25ClF3N5O4/c1-43-20-11-21(32)28-26(12-20)44-9-4-2-3-6-17-7-5-8-18-14-36-15-25(27(17)18)40-30(41)38-29(37-28)39(31(40)42)16-19-10-23(34)24(35)13-22(19)33/h5,7-8,10-15H,2-4,6,9,16H2,1H3,(H,37,38,41). The lowest BCUT2D eigenvalue weighted by atomic mass is 9.99. The van der Waals surface area contributed by atoms with Crippen molar-refractivity contribution in [3.05, 3.63) is 109 Å². The molecule has 0 radical (unpaired) electrons. The number of aromatic nitrogens is 4. The minimum absolute atomic E-state index is 0.118. The van der Waals surface area contributed by atoms with Crippen LogP contribution in [0.1, 0.15) is 30.4 Å². The maximum Gasteiger partial charge on any atom is 0.359 e. The van der Waals surface area contributed by atoms with Crippen LogP contribution in [-0.4, -0.2) is 32.8 Å². The number of fused-ring (bicyclic) bond motifs is 7. The van der Waals surface area contributed by atoms with Gasteiger partial charge in [-0.2, -0.15) is 4.98 Å². The Morgan fingerprint density at radius 1 is 1.02 bits per heavy atom. The van der Waals surface area contributed by atoms with Crippen molar-refractivity contribution in [2.24, 2.45) is 0 Å². The van der Waals surface area contributed by atoms with Gasteiger partial charge in [-0.15, -0.1) is 0 Å². The van der Waals surface area contributed by atoms with E-state index >= 15 is 0 Å². The first-order chi connectivity index (χ1) is 21.2. The van der Waals surface area contributed by atoms with Crippen LogP contribution in [0.25, 0.3) is 16.5 Å². The van der Waals surface area contributed by atoms with Crippen LogP contribution in [0.15, 0.2) is 64.4 Å². The molecule has 4 heterocycles. The Labute approximate surface area is 253 Å². The highest BCUT2D eigenvalue weighted by molar-refractivity contribution is 6.33. The number of anilines is 2. The predicted molar refractivity (Wildman–Crippen MR) is 159 cm³/mol. The molecule has 226 valence electrons. The number of pyridine rings is 1. The Kier molecular flexibility index (Phi) is 8.00. The zero-order valence-electron chi connectivity index (χ0n) is 23.4. The SMILES string of the molecule is COc1cc(Cl)c2c(c1)OCCCCCc1cccc3cncc(c13)-n1c(=O)nc(n(Cc3cc(F)c(F)cc3F)c1=O)N2. The minimum Gasteiger partial charge on any atom is -0.497 e. The zero-order chi connectivity index (χ0) is 31.0. The number of halogens is 4. The first kappa shape index (κ1) is 29.2. The minimum atomic E-state index is -1.39. The molecule has 44 heavy (non-hydrogen) atoms. The van der Waals surface area contributed by atoms with Crippen LogP contribution >= 0.6 is 11.6 Å². The number of nitrogens with one attached hydrogen (secondary N) is 1. The van der Waals surface area contributed by atoms with Crippen molar-refractivity contribution in [1.29, 1.82) is 0 Å². The molecule has 13 heteroatoms. The van der Waals surface area contributed by atoms with Gasteiger partial charge in [0.25, 0.3) is 0 Å². The van der Waals surface area contributed by atoms with Crippen molar-refractivity contribution in [3.63, 3.8) is 0 Å². The fraction of sp³-hybridized carbons (Fsp3) is 0.226. The van der Waals surface area contributed by atoms with E-state index in [-0.39, 0.29) is 33.7 Å². The van der Waals surface area contributed by atoms with Gasteiger partial charge < -0.3 is 14.8 Å². The Morgan fingerprint density at radius 2 is 1.84 bits per heavy atom. The van der Waals surface area contributed by atoms with Crippen LogP contribution < -0.4 is 26.2 Å². The molecule has 2 aliphatic rings. The molecular weight excluding hydrogens is 599 g/mol. The van der Waals surface area contributed by atoms with E-state index in [1.165, 1.54) is 19.4 Å². The van der Waals surface area contributed by atoms with Gasteiger partial charge in [0, 0.05) is 40.7 Å². The fourth-order valence-electron chi connectivity index (χ4n) is 5.26. The van der Waals surface area contributed by atoms with E-state index in [0.717, 1.165) is 34.0 Å². The van der Waals surface area contributed by atoms with Crippen LogP contribution in [0.4, 0.5) is 24.8 Å². The Hall–Kier alpha value is -4.84. The maximum atomic E-state index is 14.9. The predicted octanol–water partition coefficient (Wildman–Crippen LogP) is 5.92. The van der Waals surface area contributed by atoms with Crippen molar-refractivity contribution in [3.8, 4) is 17.2 Å². The largest absolute Gasteiger partial charge is 0.497 e. The van der Waals surface area contributed by atoms with E-state index in [4.69, 9.17) is 21.1 Å². The molecule has 2 bridgehead atoms. The molecule has 0 amide bonds. The zero-order valence-corrected chi connectivity index (χ0v) is 24.1. The molecule has 3 aromatic carbocycles. The monoisotopic (exact) mass is 623 g/mol. The van der Waals surface area contributed by atoms with Gasteiger partial charge in [0.15, 0.2) is 11.6 Å². The molecule has 0 spiro atoms. The molecule has 0 unspecified atom stereocenters. The van der Waals surface area contributed by atoms with Crippen molar-refractivity contribution >= 4 is 34.0 Å². The Bertz CT molecular complexity index is 2030. The average Bonchev–Trinajstić information content (AvgIpc) is 3.00. The number of aryl methyl sites for hydroxylation is 1. The van der Waals surface area contributed by atoms with E-state index in [9.17, 15) is 22.8 Å². The van der Waals surface area contributed by atoms with Crippen LogP contribution in [0, 0.1) is 17.5 Å². The molecule has 7 rings (SSSR count). The van der Waals surface area contributed by atoms with Gasteiger partial charge in [-0.25, -0.2) is 27.3 Å². The highest BCUT2D eigenvalue weighted by atomic mass is 35.5. The molecular formula is C31H25ClF3N5O4. The lowest BCUT2D eigenvalue weighted by Crippen LogP contribution is -2.42. The summed E-state index contributed by atoms with van der Waals surface area (Å²) in [6.45, 7) is -0.294. The molecule has 0 aliphatic carbocycles. The van der Waals surface area contributed by atoms with Gasteiger partial charge in [-0.3, -0.25) is 9.55 Å². The van der Waals surface area contributed by atoms with E-state index in [1.54, 1.807) is 12.3 Å². The summed E-state index contributed by atoms with van der Waals surface area (Å²) in [5.74, 6) is -3.48. The van der Waals surface area contributed by atoms with Crippen LogP contribution in [0.2, 0.25) is 5.02 Å². The van der Waals surface area contributed by atoms with Gasteiger partial charge >= 0.3 is 11.4 Å². The number of methoxy groups -OCH3 is 1. The second-order valence-electron chi connectivity index (χ2n) is 10.2. The third-order valence-electron chi connectivity index (χ3n) is 7.43. The second kappa shape index (κ2) is 12.0. The Morgan fingerprint density at radius 3 is 2.66 bits per heavy atom. The highest BCUT2D eigenvalue weighted by Crippen LogP contribution is 2.39. The number of ether oxygens (including phenoxy) is 2. The normalized spacial score (nSPS) is 13.3. The number of hydrogen-bond donors (Lipinski definition) is 1. The topological polar surface area (TPSA) is 100 Å². The maximum absolute atomic E-state index is 14.9. The summed E-state index contributed by atoms with van der Waals surface area (Å²) in [6.07, 6.45) is 6.01. The quantitative estimate of drug-likeness (QED) is 0.249. The van der Waals surface area contributed by atoms with E-state index < -0.39 is 35.4 Å². The molecule has 5 aromatic rings. The first-order valence-corrected chi connectivity index (χ1v) is 14.1. The third kappa shape index (κ3) is 5.48. The van der Waals surface area contributed by atoms with Gasteiger partial charge in [0.05, 0.1) is 37.2 Å². The summed E-state index contributed by atoms with van der Waals surface area (Å²) in [5.41, 5.74) is -1.00. The van der Waals surface area contributed by atoms with E-state index in [0.29, 0.717) is 41.7 Å². The van der Waals surface area contributed by atoms with Gasteiger partial charge in [0.1, 0.15) is 23.0 Å². The number of rotatable bonds is 3. The average molecular weight is 624 g/mol. The van der Waals surface area contributed by atoms with Gasteiger partial charge in [-0.1, -0.05) is 29.8 Å². The smallest absolute Gasteiger partial charge is 0.359 e. The lowest BCUT2D eigenvalue weighted by molar-refractivity contribution is 0.304. The summed E-state index contributed by atoms with van der Waals surface area (Å²) in [4.78, 5) is 36.3. The van der Waals surface area contributed by atoms with E-state index in [1.807, 2.05) is 18.2 Å². The second-order valence-corrected chi connectivity index (χ2v) is 10.6. The van der Waals surface area contributed by atoms with Crippen molar-refractivity contribution in [1.82, 2.24) is 19.1 Å². The summed E-state index contributed by atoms with van der Waals surface area (Å²) >= 11 is 6.58. The van der Waals surface area contributed by atoms with Gasteiger partial charge in [0.2, 0.25) is 5.95 Å². The molecule has 0 fully saturated rings. The van der Waals surface area contributed by atoms with E-state index in [2.05, 4.69) is 15.3 Å². The molecule has 0 saturated carbocycles. The van der Waals surface area contributed by atoms with Crippen LogP contribution in [0.3, 0.4) is 0 Å². The van der Waals surface area contributed by atoms with Crippen LogP contribution in [-0.2, 0) is 13.0 Å². The molecule has 2 aromatic heterocycles. The third-order valence-corrected chi connectivity index (χ3v) is 7.73. The van der Waals surface area contributed by atoms with Crippen LogP contribution in [0.5, 0.6) is 11.5 Å². The summed E-state index contributed by atoms with van der Waals surface area (Å²) in [5, 5.41) is 4.35. The lowest BCUT2D eigenvalue weighted by Gasteiger charge is -2.20. The Balaban J connectivity index is 1.64. The number of hydrogen-bond acceptors (Lipinski definition) is 7. The van der Waals surface area contributed by atoms with Crippen molar-refractivity contribution in [2.45, 2.75) is 32.2 Å². The first-order valence-electron chi connectivity index (χ1n) is 13.8. The number of benzene rings is 3. The number of nitrogens with zero attached hydrogens (tertiary/aromatic N) is 4. The summed E-state index contributed by atoms with van der Waals surface area (Å²) in [7, 11) is 1.46. The summed E-state index contributed by atoms with van der Waals surface area (Å²) in [6, 6.07) is 9.72. The van der Waals surface area contributed by atoms with Crippen molar-refractivity contribution in [2.75, 3.05) is 19.0 Å². The molecule has 1 N–H and O–H groups in total. The highest BCUT2D eigenvalue weighted by Gasteiger charge is 2.23. The molecule has 9 nitrogen and oxygen atoms in total.